The van der Waals surface area contributed by atoms with Crippen molar-refractivity contribution in [2.45, 2.75) is 51.4 Å². The number of likely N-dealkylation sites (tertiary alicyclic amines) is 1. The Bertz CT molecular complexity index is 656. The number of nitrogens with zero attached hydrogens (tertiary/aromatic N) is 4. The monoisotopic (exact) mass is 343 g/mol. The molecule has 0 radical (unpaired) electrons. The summed E-state index contributed by atoms with van der Waals surface area (Å²) in [7, 11) is 2.13. The van der Waals surface area contributed by atoms with E-state index in [-0.39, 0.29) is 0 Å². The molecule has 1 saturated heterocycles. The molecule has 0 spiro atoms. The Balaban J connectivity index is 1.48. The van der Waals surface area contributed by atoms with E-state index < -0.39 is 5.54 Å². The number of nitrogens with two attached hydrogens (primary N) is 1. The van der Waals surface area contributed by atoms with E-state index in [0.717, 1.165) is 32.5 Å². The van der Waals surface area contributed by atoms with Gasteiger partial charge < -0.3 is 10.3 Å². The molecular formula is C19H29N5O. The maximum Gasteiger partial charge on any atom is 0.240 e. The van der Waals surface area contributed by atoms with E-state index in [4.69, 9.17) is 10.3 Å². The Kier molecular flexibility index (Phi) is 5.51. The van der Waals surface area contributed by atoms with E-state index in [1.165, 1.54) is 5.56 Å². The van der Waals surface area contributed by atoms with Crippen LogP contribution in [0.3, 0.4) is 0 Å². The summed E-state index contributed by atoms with van der Waals surface area (Å²) >= 11 is 0. The minimum atomic E-state index is -0.566. The molecule has 1 fully saturated rings. The van der Waals surface area contributed by atoms with Gasteiger partial charge in [0.2, 0.25) is 5.89 Å². The molecule has 0 aliphatic carbocycles. The summed E-state index contributed by atoms with van der Waals surface area (Å²) in [6.07, 6.45) is 2.32. The molecular weight excluding hydrogens is 314 g/mol. The Labute approximate surface area is 150 Å². The number of piperidine rings is 1. The highest BCUT2D eigenvalue weighted by Gasteiger charge is 2.25. The topological polar surface area (TPSA) is 71.4 Å². The maximum absolute atomic E-state index is 6.02. The van der Waals surface area contributed by atoms with Crippen molar-refractivity contribution in [1.82, 2.24) is 19.9 Å². The molecule has 0 atom stereocenters. The number of aromatic nitrogens is 2. The third kappa shape index (κ3) is 4.87. The van der Waals surface area contributed by atoms with Crippen LogP contribution in [-0.4, -0.2) is 46.1 Å². The third-order valence-electron chi connectivity index (χ3n) is 4.86. The van der Waals surface area contributed by atoms with Gasteiger partial charge in [-0.25, -0.2) is 0 Å². The van der Waals surface area contributed by atoms with Gasteiger partial charge in [0.05, 0.1) is 12.1 Å². The van der Waals surface area contributed by atoms with Gasteiger partial charge in [0, 0.05) is 12.6 Å². The summed E-state index contributed by atoms with van der Waals surface area (Å²) in [5.74, 6) is 1.20. The van der Waals surface area contributed by atoms with Crippen LogP contribution in [0.1, 0.15) is 44.0 Å². The molecule has 6 nitrogen and oxygen atoms in total. The fraction of sp³-hybridized carbons (Fsp3) is 0.579. The average Bonchev–Trinajstić information content (AvgIpc) is 3.05. The minimum Gasteiger partial charge on any atom is -0.338 e. The lowest BCUT2D eigenvalue weighted by molar-refractivity contribution is 0.111. The number of hydrogen-bond donors (Lipinski definition) is 1. The largest absolute Gasteiger partial charge is 0.338 e. The molecule has 3 rings (SSSR count). The fourth-order valence-electron chi connectivity index (χ4n) is 3.28. The zero-order valence-electron chi connectivity index (χ0n) is 15.5. The van der Waals surface area contributed by atoms with Crippen molar-refractivity contribution in [2.24, 2.45) is 5.73 Å². The third-order valence-corrected chi connectivity index (χ3v) is 4.86. The second-order valence-electron chi connectivity index (χ2n) is 7.64. The molecule has 6 heteroatoms. The Hall–Kier alpha value is -1.76. The lowest BCUT2D eigenvalue weighted by Crippen LogP contribution is -2.42. The van der Waals surface area contributed by atoms with Crippen molar-refractivity contribution in [1.29, 1.82) is 0 Å². The first kappa shape index (κ1) is 18.0. The molecule has 2 aromatic rings. The van der Waals surface area contributed by atoms with Crippen LogP contribution in [0.2, 0.25) is 0 Å². The average molecular weight is 343 g/mol. The van der Waals surface area contributed by atoms with Gasteiger partial charge in [-0.3, -0.25) is 9.80 Å². The first-order valence-corrected chi connectivity index (χ1v) is 9.00. The maximum atomic E-state index is 6.02. The molecule has 0 saturated carbocycles. The predicted molar refractivity (Wildman–Crippen MR) is 97.7 cm³/mol. The van der Waals surface area contributed by atoms with Gasteiger partial charge in [-0.05, 0) is 52.4 Å². The molecule has 1 aromatic carbocycles. The fourth-order valence-corrected chi connectivity index (χ4v) is 3.28. The van der Waals surface area contributed by atoms with Crippen molar-refractivity contribution < 1.29 is 4.52 Å². The summed E-state index contributed by atoms with van der Waals surface area (Å²) in [4.78, 5) is 9.28. The van der Waals surface area contributed by atoms with Gasteiger partial charge in [0.1, 0.15) is 0 Å². The van der Waals surface area contributed by atoms with Crippen LogP contribution in [0.5, 0.6) is 0 Å². The molecule has 2 heterocycles. The van der Waals surface area contributed by atoms with Crippen molar-refractivity contribution in [3.63, 3.8) is 0 Å². The SMILES string of the molecule is CN(Cc1nc(C(C)(C)N)no1)C1CCN(Cc2ccccc2)CC1. The van der Waals surface area contributed by atoms with E-state index in [9.17, 15) is 0 Å². The first-order valence-electron chi connectivity index (χ1n) is 9.00. The molecule has 0 unspecified atom stereocenters. The molecule has 0 bridgehead atoms. The first-order chi connectivity index (χ1) is 11.9. The summed E-state index contributed by atoms with van der Waals surface area (Å²) in [5.41, 5.74) is 6.84. The van der Waals surface area contributed by atoms with Crippen LogP contribution in [0.15, 0.2) is 34.9 Å². The summed E-state index contributed by atoms with van der Waals surface area (Å²) in [5, 5.41) is 4.00. The highest BCUT2D eigenvalue weighted by Crippen LogP contribution is 2.20. The highest BCUT2D eigenvalue weighted by atomic mass is 16.5. The zero-order chi connectivity index (χ0) is 17.9. The molecule has 25 heavy (non-hydrogen) atoms. The van der Waals surface area contributed by atoms with Crippen molar-refractivity contribution in [3.8, 4) is 0 Å². The van der Waals surface area contributed by atoms with Gasteiger partial charge in [0.15, 0.2) is 5.82 Å². The van der Waals surface area contributed by atoms with Crippen LogP contribution < -0.4 is 5.73 Å². The van der Waals surface area contributed by atoms with Gasteiger partial charge >= 0.3 is 0 Å². The minimum absolute atomic E-state index is 0.549. The summed E-state index contributed by atoms with van der Waals surface area (Å²) in [6, 6.07) is 11.2. The van der Waals surface area contributed by atoms with E-state index in [2.05, 4.69) is 57.3 Å². The van der Waals surface area contributed by atoms with Gasteiger partial charge in [-0.1, -0.05) is 35.5 Å². The van der Waals surface area contributed by atoms with E-state index >= 15 is 0 Å². The molecule has 136 valence electrons. The molecule has 2 N–H and O–H groups in total. The van der Waals surface area contributed by atoms with Crippen LogP contribution in [0.25, 0.3) is 0 Å². The van der Waals surface area contributed by atoms with Gasteiger partial charge in [-0.15, -0.1) is 0 Å². The smallest absolute Gasteiger partial charge is 0.240 e. The summed E-state index contributed by atoms with van der Waals surface area (Å²) in [6.45, 7) is 7.72. The second-order valence-corrected chi connectivity index (χ2v) is 7.64. The Morgan fingerprint density at radius 2 is 1.92 bits per heavy atom. The lowest BCUT2D eigenvalue weighted by atomic mass is 10.0. The quantitative estimate of drug-likeness (QED) is 0.868. The van der Waals surface area contributed by atoms with Crippen LogP contribution in [0, 0.1) is 0 Å². The van der Waals surface area contributed by atoms with Crippen LogP contribution >= 0.6 is 0 Å². The normalized spacial score (nSPS) is 17.3. The van der Waals surface area contributed by atoms with E-state index in [0.29, 0.717) is 24.3 Å². The Morgan fingerprint density at radius 3 is 2.52 bits per heavy atom. The number of rotatable bonds is 6. The van der Waals surface area contributed by atoms with Crippen LogP contribution in [0.4, 0.5) is 0 Å². The molecule has 0 amide bonds. The number of hydrogen-bond acceptors (Lipinski definition) is 6. The highest BCUT2D eigenvalue weighted by molar-refractivity contribution is 5.14. The lowest BCUT2D eigenvalue weighted by Gasteiger charge is -2.36. The zero-order valence-corrected chi connectivity index (χ0v) is 15.5. The van der Waals surface area contributed by atoms with Gasteiger partial charge in [0.25, 0.3) is 0 Å². The van der Waals surface area contributed by atoms with Gasteiger partial charge in [-0.2, -0.15) is 4.98 Å². The summed E-state index contributed by atoms with van der Waals surface area (Å²) < 4.78 is 5.36. The van der Waals surface area contributed by atoms with Crippen molar-refractivity contribution in [3.05, 3.63) is 47.6 Å². The van der Waals surface area contributed by atoms with Crippen LogP contribution in [-0.2, 0) is 18.6 Å². The standard InChI is InChI=1S/C19H29N5O/c1-19(2,20)18-21-17(25-22-18)14-23(3)16-9-11-24(12-10-16)13-15-7-5-4-6-8-15/h4-8,16H,9-14,20H2,1-3H3. The van der Waals surface area contributed by atoms with E-state index in [1.54, 1.807) is 0 Å². The number of benzene rings is 1. The Morgan fingerprint density at radius 1 is 1.24 bits per heavy atom. The molecule has 1 aromatic heterocycles. The second kappa shape index (κ2) is 7.64. The van der Waals surface area contributed by atoms with Crippen molar-refractivity contribution >= 4 is 0 Å². The van der Waals surface area contributed by atoms with Crippen molar-refractivity contribution in [2.75, 3.05) is 20.1 Å². The molecule has 1 aliphatic heterocycles. The predicted octanol–water partition coefficient (Wildman–Crippen LogP) is 2.36. The van der Waals surface area contributed by atoms with E-state index in [1.807, 2.05) is 13.8 Å². The molecule has 1 aliphatic rings.